The van der Waals surface area contributed by atoms with E-state index in [4.69, 9.17) is 11.6 Å². The molecule has 7 nitrogen and oxygen atoms in total. The number of aromatic nitrogens is 2. The molecule has 0 aliphatic rings. The fourth-order valence-corrected chi connectivity index (χ4v) is 3.37. The summed E-state index contributed by atoms with van der Waals surface area (Å²) in [5, 5.41) is 24.2. The molecule has 0 fully saturated rings. The van der Waals surface area contributed by atoms with Gasteiger partial charge in [-0.3, -0.25) is 20.0 Å². The second kappa shape index (κ2) is 7.04. The number of nitrogens with one attached hydrogen (secondary N) is 1. The third-order valence-corrected chi connectivity index (χ3v) is 5.00. The second-order valence-corrected chi connectivity index (χ2v) is 6.60. The van der Waals surface area contributed by atoms with Crippen molar-refractivity contribution < 1.29 is 10.0 Å². The monoisotopic (exact) mass is 377 g/mol. The molecule has 128 valence electrons. The van der Waals surface area contributed by atoms with Gasteiger partial charge in [0.05, 0.1) is 16.5 Å². The molecule has 1 aromatic heterocycles. The van der Waals surface area contributed by atoms with Crippen molar-refractivity contribution in [1.29, 1.82) is 0 Å². The normalized spacial score (nSPS) is 10.8. The summed E-state index contributed by atoms with van der Waals surface area (Å²) in [5.41, 5.74) is 0.0510. The highest BCUT2D eigenvalue weighted by Crippen LogP contribution is 2.35. The lowest BCUT2D eigenvalue weighted by molar-refractivity contribution is -0.384. The molecule has 0 saturated heterocycles. The standard InChI is InChI=1S/C16H12ClN3O4S/c17-12-6-1-2-7-13(12)25-14-15(21)18-19(16(14)22)9-10-4-3-5-11(8-10)20(23)24/h1-8,22H,9H2,(H,18,21). The van der Waals surface area contributed by atoms with Gasteiger partial charge in [-0.15, -0.1) is 0 Å². The number of hydrogen-bond donors (Lipinski definition) is 2. The predicted octanol–water partition coefficient (Wildman–Crippen LogP) is 3.64. The van der Waals surface area contributed by atoms with Crippen molar-refractivity contribution in [3.05, 3.63) is 79.6 Å². The van der Waals surface area contributed by atoms with E-state index in [1.165, 1.54) is 16.8 Å². The van der Waals surface area contributed by atoms with Crippen LogP contribution in [0.4, 0.5) is 5.69 Å². The number of H-pyrrole nitrogens is 1. The van der Waals surface area contributed by atoms with Crippen molar-refractivity contribution in [1.82, 2.24) is 9.78 Å². The number of nitro benzene ring substituents is 1. The minimum absolute atomic E-state index is 0.0582. The van der Waals surface area contributed by atoms with E-state index in [-0.39, 0.29) is 23.0 Å². The number of hydrogen-bond acceptors (Lipinski definition) is 5. The number of nitro groups is 1. The lowest BCUT2D eigenvalue weighted by Crippen LogP contribution is -2.07. The zero-order valence-electron chi connectivity index (χ0n) is 12.7. The number of halogens is 1. The molecule has 1 heterocycles. The quantitative estimate of drug-likeness (QED) is 0.522. The molecule has 3 rings (SSSR count). The number of rotatable bonds is 5. The molecule has 0 aliphatic carbocycles. The van der Waals surface area contributed by atoms with Gasteiger partial charge in [0, 0.05) is 17.0 Å². The lowest BCUT2D eigenvalue weighted by atomic mass is 10.2. The summed E-state index contributed by atoms with van der Waals surface area (Å²) in [6.07, 6.45) is 0. The van der Waals surface area contributed by atoms with Crippen LogP contribution >= 0.6 is 23.4 Å². The first-order chi connectivity index (χ1) is 12.0. The molecule has 3 aromatic rings. The maximum absolute atomic E-state index is 12.1. The van der Waals surface area contributed by atoms with E-state index in [1.807, 2.05) is 0 Å². The van der Waals surface area contributed by atoms with Crippen molar-refractivity contribution in [2.75, 3.05) is 0 Å². The van der Waals surface area contributed by atoms with E-state index in [0.29, 0.717) is 15.5 Å². The van der Waals surface area contributed by atoms with Crippen LogP contribution in [0.5, 0.6) is 5.88 Å². The highest BCUT2D eigenvalue weighted by molar-refractivity contribution is 7.99. The summed E-state index contributed by atoms with van der Waals surface area (Å²) in [5.74, 6) is -0.249. The molecule has 0 aliphatic heterocycles. The highest BCUT2D eigenvalue weighted by atomic mass is 35.5. The van der Waals surface area contributed by atoms with Crippen LogP contribution in [0.2, 0.25) is 5.02 Å². The Hall–Kier alpha value is -2.71. The van der Waals surface area contributed by atoms with Crippen molar-refractivity contribution in [3.63, 3.8) is 0 Å². The van der Waals surface area contributed by atoms with Crippen LogP contribution in [0, 0.1) is 10.1 Å². The highest BCUT2D eigenvalue weighted by Gasteiger charge is 2.17. The van der Waals surface area contributed by atoms with Crippen molar-refractivity contribution >= 4 is 29.1 Å². The van der Waals surface area contributed by atoms with Gasteiger partial charge >= 0.3 is 0 Å². The van der Waals surface area contributed by atoms with Gasteiger partial charge in [0.2, 0.25) is 5.88 Å². The number of aromatic amines is 1. The van der Waals surface area contributed by atoms with Gasteiger partial charge in [0.25, 0.3) is 11.2 Å². The van der Waals surface area contributed by atoms with Crippen LogP contribution in [0.3, 0.4) is 0 Å². The molecule has 9 heteroatoms. The summed E-state index contributed by atoms with van der Waals surface area (Å²) >= 11 is 7.13. The second-order valence-electron chi connectivity index (χ2n) is 5.14. The van der Waals surface area contributed by atoms with E-state index in [2.05, 4.69) is 5.10 Å². The minimum atomic E-state index is -0.500. The maximum atomic E-state index is 12.1. The Labute approximate surface area is 151 Å². The minimum Gasteiger partial charge on any atom is -0.493 e. The third kappa shape index (κ3) is 3.70. The van der Waals surface area contributed by atoms with Gasteiger partial charge in [0.15, 0.2) is 0 Å². The van der Waals surface area contributed by atoms with E-state index >= 15 is 0 Å². The molecule has 0 unspecified atom stereocenters. The van der Waals surface area contributed by atoms with Gasteiger partial charge in [-0.1, -0.05) is 47.6 Å². The Morgan fingerprint density at radius 1 is 1.24 bits per heavy atom. The predicted molar refractivity (Wildman–Crippen MR) is 94.5 cm³/mol. The van der Waals surface area contributed by atoms with Crippen LogP contribution in [0.1, 0.15) is 5.56 Å². The van der Waals surface area contributed by atoms with E-state index < -0.39 is 10.5 Å². The van der Waals surface area contributed by atoms with Crippen LogP contribution in [-0.2, 0) is 6.54 Å². The van der Waals surface area contributed by atoms with Gasteiger partial charge in [-0.05, 0) is 17.7 Å². The Kier molecular flexibility index (Phi) is 4.82. The first kappa shape index (κ1) is 17.1. The molecule has 0 amide bonds. The number of benzene rings is 2. The van der Waals surface area contributed by atoms with Gasteiger partial charge in [-0.2, -0.15) is 0 Å². The Morgan fingerprint density at radius 2 is 2.00 bits per heavy atom. The molecular weight excluding hydrogens is 366 g/mol. The third-order valence-electron chi connectivity index (χ3n) is 3.41. The molecular formula is C16H12ClN3O4S. The van der Waals surface area contributed by atoms with E-state index in [9.17, 15) is 20.0 Å². The number of aromatic hydroxyl groups is 1. The summed E-state index contributed by atoms with van der Waals surface area (Å²) in [6.45, 7) is 0.0891. The number of nitrogens with zero attached hydrogens (tertiary/aromatic N) is 2. The molecule has 2 N–H and O–H groups in total. The Bertz CT molecular complexity index is 999. The average molecular weight is 378 g/mol. The van der Waals surface area contributed by atoms with Crippen LogP contribution in [-0.4, -0.2) is 19.8 Å². The smallest absolute Gasteiger partial charge is 0.282 e. The van der Waals surface area contributed by atoms with Gasteiger partial charge in [-0.25, -0.2) is 4.68 Å². The first-order valence-corrected chi connectivity index (χ1v) is 8.32. The van der Waals surface area contributed by atoms with Gasteiger partial charge < -0.3 is 5.11 Å². The summed E-state index contributed by atoms with van der Waals surface area (Å²) in [7, 11) is 0. The van der Waals surface area contributed by atoms with Crippen LogP contribution in [0.15, 0.2) is 63.1 Å². The van der Waals surface area contributed by atoms with Gasteiger partial charge in [0.1, 0.15) is 4.90 Å². The van der Waals surface area contributed by atoms with E-state index in [0.717, 1.165) is 11.8 Å². The molecule has 25 heavy (non-hydrogen) atoms. The molecule has 0 atom stereocenters. The summed E-state index contributed by atoms with van der Waals surface area (Å²) in [6, 6.07) is 13.0. The van der Waals surface area contributed by atoms with Crippen LogP contribution in [0.25, 0.3) is 0 Å². The fourth-order valence-electron chi connectivity index (χ4n) is 2.25. The largest absolute Gasteiger partial charge is 0.493 e. The summed E-state index contributed by atoms with van der Waals surface area (Å²) in [4.78, 5) is 23.2. The lowest BCUT2D eigenvalue weighted by Gasteiger charge is -2.05. The molecule has 0 radical (unpaired) electrons. The van der Waals surface area contributed by atoms with E-state index in [1.54, 1.807) is 36.4 Å². The SMILES string of the molecule is O=c1[nH]n(Cc2cccc([N+](=O)[O-])c2)c(O)c1Sc1ccccc1Cl. The Morgan fingerprint density at radius 3 is 2.72 bits per heavy atom. The Balaban J connectivity index is 1.90. The van der Waals surface area contributed by atoms with Crippen molar-refractivity contribution in [2.45, 2.75) is 16.3 Å². The molecule has 2 aromatic carbocycles. The number of non-ortho nitro benzene ring substituents is 1. The zero-order valence-corrected chi connectivity index (χ0v) is 14.3. The fraction of sp³-hybridized carbons (Fsp3) is 0.0625. The molecule has 0 spiro atoms. The summed E-state index contributed by atoms with van der Waals surface area (Å²) < 4.78 is 1.24. The average Bonchev–Trinajstić information content (AvgIpc) is 2.84. The van der Waals surface area contributed by atoms with Crippen molar-refractivity contribution in [2.24, 2.45) is 0 Å². The van der Waals surface area contributed by atoms with Crippen LogP contribution < -0.4 is 5.56 Å². The molecule has 0 bridgehead atoms. The van der Waals surface area contributed by atoms with Crippen molar-refractivity contribution in [3.8, 4) is 5.88 Å². The molecule has 0 saturated carbocycles. The zero-order chi connectivity index (χ0) is 18.0. The maximum Gasteiger partial charge on any atom is 0.282 e. The first-order valence-electron chi connectivity index (χ1n) is 7.13. The topological polar surface area (TPSA) is 101 Å².